The Labute approximate surface area is 162 Å². The lowest BCUT2D eigenvalue weighted by atomic mass is 10.2. The van der Waals surface area contributed by atoms with Crippen LogP contribution in [0, 0.1) is 12.7 Å². The minimum absolute atomic E-state index is 0.200. The quantitative estimate of drug-likeness (QED) is 0.556. The Bertz CT molecular complexity index is 1010. The summed E-state index contributed by atoms with van der Waals surface area (Å²) in [6.45, 7) is 4.40. The molecule has 0 spiro atoms. The zero-order chi connectivity index (χ0) is 19.4. The molecule has 1 aromatic heterocycles. The minimum Gasteiger partial charge on any atom is -0.305 e. The highest BCUT2D eigenvalue weighted by atomic mass is 32.2. The number of thioether (sulfide) groups is 1. The van der Waals surface area contributed by atoms with E-state index in [0.717, 1.165) is 11.1 Å². The molecule has 2 aromatic carbocycles. The van der Waals surface area contributed by atoms with Crippen molar-refractivity contribution < 1.29 is 12.8 Å². The molecule has 0 aliphatic heterocycles. The van der Waals surface area contributed by atoms with Gasteiger partial charge in [0, 0.05) is 12.3 Å². The molecule has 0 amide bonds. The summed E-state index contributed by atoms with van der Waals surface area (Å²) in [4.78, 5) is 0.277. The van der Waals surface area contributed by atoms with Gasteiger partial charge >= 0.3 is 0 Å². The van der Waals surface area contributed by atoms with Crippen LogP contribution in [-0.2, 0) is 27.9 Å². The second-order valence-corrected chi connectivity index (χ2v) is 9.06. The summed E-state index contributed by atoms with van der Waals surface area (Å²) in [5.41, 5.74) is 1.96. The topological polar surface area (TPSA) is 64.8 Å². The van der Waals surface area contributed by atoms with Gasteiger partial charge in [-0.1, -0.05) is 41.6 Å². The number of aromatic nitrogens is 3. The molecule has 3 aromatic rings. The number of sulfone groups is 1. The molecule has 0 aliphatic rings. The number of aryl methyl sites for hydroxylation is 1. The SMILES string of the molecule is CCn1c(CS(=O)(=O)c2ccc(C)cc2)nnc1SCc1ccc(F)cc1. The average Bonchev–Trinajstić information content (AvgIpc) is 3.02. The van der Waals surface area contributed by atoms with Crippen molar-refractivity contribution in [3.63, 3.8) is 0 Å². The molecule has 0 radical (unpaired) electrons. The molecule has 0 N–H and O–H groups in total. The molecule has 27 heavy (non-hydrogen) atoms. The van der Waals surface area contributed by atoms with Gasteiger partial charge in [0.15, 0.2) is 15.0 Å². The Balaban J connectivity index is 1.77. The van der Waals surface area contributed by atoms with Crippen molar-refractivity contribution in [2.45, 2.75) is 41.9 Å². The zero-order valence-electron chi connectivity index (χ0n) is 15.1. The lowest BCUT2D eigenvalue weighted by Gasteiger charge is -2.08. The Morgan fingerprint density at radius 3 is 2.33 bits per heavy atom. The second-order valence-electron chi connectivity index (χ2n) is 6.13. The van der Waals surface area contributed by atoms with Crippen molar-refractivity contribution in [2.75, 3.05) is 0 Å². The van der Waals surface area contributed by atoms with E-state index >= 15 is 0 Å². The number of hydrogen-bond donors (Lipinski definition) is 0. The van der Waals surface area contributed by atoms with Crippen LogP contribution in [0.4, 0.5) is 4.39 Å². The Kier molecular flexibility index (Phi) is 5.96. The molecular formula is C19H20FN3O2S2. The average molecular weight is 406 g/mol. The van der Waals surface area contributed by atoms with Gasteiger partial charge < -0.3 is 4.57 Å². The maximum Gasteiger partial charge on any atom is 0.191 e. The van der Waals surface area contributed by atoms with Gasteiger partial charge in [0.2, 0.25) is 0 Å². The fraction of sp³-hybridized carbons (Fsp3) is 0.263. The lowest BCUT2D eigenvalue weighted by Crippen LogP contribution is -2.11. The predicted octanol–water partition coefficient (Wildman–Crippen LogP) is 4.01. The van der Waals surface area contributed by atoms with Crippen molar-refractivity contribution in [1.82, 2.24) is 14.8 Å². The molecule has 5 nitrogen and oxygen atoms in total. The van der Waals surface area contributed by atoms with Crippen molar-refractivity contribution in [2.24, 2.45) is 0 Å². The Morgan fingerprint density at radius 2 is 1.70 bits per heavy atom. The molecule has 0 aliphatic carbocycles. The first-order chi connectivity index (χ1) is 12.9. The van der Waals surface area contributed by atoms with Crippen LogP contribution in [-0.4, -0.2) is 23.2 Å². The molecule has 0 atom stereocenters. The highest BCUT2D eigenvalue weighted by Crippen LogP contribution is 2.24. The standard InChI is InChI=1S/C19H20FN3O2S2/c1-3-23-18(13-27(24,25)17-10-4-14(2)5-11-17)21-22-19(23)26-12-15-6-8-16(20)9-7-15/h4-11H,3,12-13H2,1-2H3. The molecule has 0 saturated heterocycles. The zero-order valence-corrected chi connectivity index (χ0v) is 16.7. The molecule has 0 saturated carbocycles. The van der Waals surface area contributed by atoms with E-state index in [0.29, 0.717) is 23.3 Å². The smallest absolute Gasteiger partial charge is 0.191 e. The van der Waals surface area contributed by atoms with Crippen LogP contribution in [0.5, 0.6) is 0 Å². The van der Waals surface area contributed by atoms with E-state index in [2.05, 4.69) is 10.2 Å². The van der Waals surface area contributed by atoms with Gasteiger partial charge in [-0.2, -0.15) is 0 Å². The Morgan fingerprint density at radius 1 is 1.04 bits per heavy atom. The maximum absolute atomic E-state index is 13.0. The molecule has 8 heteroatoms. The highest BCUT2D eigenvalue weighted by molar-refractivity contribution is 7.98. The van der Waals surface area contributed by atoms with Crippen LogP contribution in [0.3, 0.4) is 0 Å². The fourth-order valence-electron chi connectivity index (χ4n) is 2.58. The van der Waals surface area contributed by atoms with Crippen molar-refractivity contribution >= 4 is 21.6 Å². The van der Waals surface area contributed by atoms with Crippen LogP contribution in [0.25, 0.3) is 0 Å². The first-order valence-corrected chi connectivity index (χ1v) is 11.1. The minimum atomic E-state index is -3.50. The van der Waals surface area contributed by atoms with Crippen LogP contribution in [0.1, 0.15) is 23.9 Å². The van der Waals surface area contributed by atoms with Crippen LogP contribution < -0.4 is 0 Å². The van der Waals surface area contributed by atoms with E-state index in [1.165, 1.54) is 23.9 Å². The monoisotopic (exact) mass is 405 g/mol. The van der Waals surface area contributed by atoms with E-state index in [1.807, 2.05) is 13.8 Å². The summed E-state index contributed by atoms with van der Waals surface area (Å²) < 4.78 is 40.2. The molecule has 3 rings (SSSR count). The third-order valence-electron chi connectivity index (χ3n) is 4.09. The van der Waals surface area contributed by atoms with Crippen LogP contribution >= 0.6 is 11.8 Å². The summed E-state index contributed by atoms with van der Waals surface area (Å²) in [5, 5.41) is 8.89. The van der Waals surface area contributed by atoms with Crippen molar-refractivity contribution in [3.8, 4) is 0 Å². The third-order valence-corrected chi connectivity index (χ3v) is 6.76. The molecular weight excluding hydrogens is 385 g/mol. The predicted molar refractivity (Wildman–Crippen MR) is 104 cm³/mol. The van der Waals surface area contributed by atoms with Gasteiger partial charge in [0.05, 0.1) is 4.90 Å². The summed E-state index contributed by atoms with van der Waals surface area (Å²) >= 11 is 1.45. The van der Waals surface area contributed by atoms with Crippen molar-refractivity contribution in [3.05, 3.63) is 71.3 Å². The molecule has 1 heterocycles. The molecule has 0 bridgehead atoms. The summed E-state index contributed by atoms with van der Waals surface area (Å²) in [6.07, 6.45) is 0. The van der Waals surface area contributed by atoms with Crippen molar-refractivity contribution in [1.29, 1.82) is 0 Å². The lowest BCUT2D eigenvalue weighted by molar-refractivity contribution is 0.588. The largest absolute Gasteiger partial charge is 0.305 e. The van der Waals surface area contributed by atoms with Crippen LogP contribution in [0.15, 0.2) is 58.6 Å². The van der Waals surface area contributed by atoms with E-state index in [4.69, 9.17) is 0 Å². The van der Waals surface area contributed by atoms with E-state index in [1.54, 1.807) is 41.0 Å². The summed E-state index contributed by atoms with van der Waals surface area (Å²) in [5.74, 6) is 0.542. The normalized spacial score (nSPS) is 11.7. The number of rotatable bonds is 7. The fourth-order valence-corrected chi connectivity index (χ4v) is 4.83. The van der Waals surface area contributed by atoms with E-state index in [-0.39, 0.29) is 16.5 Å². The summed E-state index contributed by atoms with van der Waals surface area (Å²) in [6, 6.07) is 13.1. The van der Waals surface area contributed by atoms with Gasteiger partial charge in [0.25, 0.3) is 0 Å². The number of hydrogen-bond acceptors (Lipinski definition) is 5. The van der Waals surface area contributed by atoms with E-state index in [9.17, 15) is 12.8 Å². The van der Waals surface area contributed by atoms with Gasteiger partial charge in [0.1, 0.15) is 17.4 Å². The van der Waals surface area contributed by atoms with Crippen LogP contribution in [0.2, 0.25) is 0 Å². The molecule has 142 valence electrons. The first-order valence-electron chi connectivity index (χ1n) is 8.48. The first kappa shape index (κ1) is 19.6. The number of benzene rings is 2. The Hall–Kier alpha value is -2.19. The van der Waals surface area contributed by atoms with Gasteiger partial charge in [-0.15, -0.1) is 10.2 Å². The van der Waals surface area contributed by atoms with E-state index < -0.39 is 9.84 Å². The van der Waals surface area contributed by atoms with Gasteiger partial charge in [-0.05, 0) is 43.7 Å². The third kappa shape index (κ3) is 4.75. The van der Waals surface area contributed by atoms with Gasteiger partial charge in [-0.25, -0.2) is 12.8 Å². The molecule has 0 unspecified atom stereocenters. The number of nitrogens with zero attached hydrogens (tertiary/aromatic N) is 3. The maximum atomic E-state index is 13.0. The molecule has 0 fully saturated rings. The second kappa shape index (κ2) is 8.22. The highest BCUT2D eigenvalue weighted by Gasteiger charge is 2.21. The summed E-state index contributed by atoms with van der Waals surface area (Å²) in [7, 11) is -3.50. The van der Waals surface area contributed by atoms with Gasteiger partial charge in [-0.3, -0.25) is 0 Å². The number of halogens is 1.